The summed E-state index contributed by atoms with van der Waals surface area (Å²) in [6, 6.07) is 10.1. The van der Waals surface area contributed by atoms with E-state index in [-0.39, 0.29) is 5.91 Å². The fourth-order valence-corrected chi connectivity index (χ4v) is 2.08. The molecule has 2 rings (SSSR count). The molecule has 116 valence electrons. The number of nitrogens with one attached hydrogen (secondary N) is 1. The molecule has 0 unspecified atom stereocenters. The highest BCUT2D eigenvalue weighted by atomic mass is 35.5. The topological polar surface area (TPSA) is 56.8 Å². The van der Waals surface area contributed by atoms with Gasteiger partial charge in [0.2, 0.25) is 0 Å². The lowest BCUT2D eigenvalue weighted by molar-refractivity contribution is 0.102. The summed E-state index contributed by atoms with van der Waals surface area (Å²) in [6.07, 6.45) is 0. The number of carbonyl (C=O) groups excluding carboxylic acids is 1. The first-order valence-electron chi connectivity index (χ1n) is 6.46. The maximum absolute atomic E-state index is 12.5. The fraction of sp³-hybridized carbons (Fsp3) is 0.188. The van der Waals surface area contributed by atoms with Gasteiger partial charge in [-0.1, -0.05) is 11.6 Å². The maximum atomic E-state index is 12.5. The van der Waals surface area contributed by atoms with E-state index in [2.05, 4.69) is 5.32 Å². The molecule has 0 atom stereocenters. The predicted molar refractivity (Wildman–Crippen MR) is 85.5 cm³/mol. The molecular weight excluding hydrogens is 306 g/mol. The van der Waals surface area contributed by atoms with Gasteiger partial charge in [-0.05, 0) is 24.3 Å². The Morgan fingerprint density at radius 2 is 1.50 bits per heavy atom. The predicted octanol–water partition coefficient (Wildman–Crippen LogP) is 3.62. The summed E-state index contributed by atoms with van der Waals surface area (Å²) in [4.78, 5) is 12.5. The Labute approximate surface area is 133 Å². The third kappa shape index (κ3) is 3.43. The van der Waals surface area contributed by atoms with E-state index in [0.29, 0.717) is 33.5 Å². The van der Waals surface area contributed by atoms with Crippen LogP contribution >= 0.6 is 11.6 Å². The molecule has 0 spiro atoms. The van der Waals surface area contributed by atoms with E-state index < -0.39 is 0 Å². The molecule has 0 fully saturated rings. The van der Waals surface area contributed by atoms with Crippen LogP contribution in [0.15, 0.2) is 36.4 Å². The number of amides is 1. The number of hydrogen-bond donors (Lipinski definition) is 1. The second-order valence-corrected chi connectivity index (χ2v) is 4.80. The van der Waals surface area contributed by atoms with Crippen molar-refractivity contribution in [2.75, 3.05) is 26.6 Å². The minimum atomic E-state index is -0.348. The maximum Gasteiger partial charge on any atom is 0.263 e. The number of hydrogen-bond acceptors (Lipinski definition) is 4. The van der Waals surface area contributed by atoms with Crippen LogP contribution in [0.2, 0.25) is 5.02 Å². The highest BCUT2D eigenvalue weighted by molar-refractivity contribution is 6.30. The number of ether oxygens (including phenoxy) is 3. The zero-order valence-corrected chi connectivity index (χ0v) is 13.2. The zero-order valence-electron chi connectivity index (χ0n) is 12.5. The molecule has 0 heterocycles. The van der Waals surface area contributed by atoms with Gasteiger partial charge in [-0.15, -0.1) is 0 Å². The van der Waals surface area contributed by atoms with Gasteiger partial charge < -0.3 is 19.5 Å². The van der Waals surface area contributed by atoms with Crippen molar-refractivity contribution in [2.45, 2.75) is 0 Å². The molecule has 1 amide bonds. The quantitative estimate of drug-likeness (QED) is 0.914. The largest absolute Gasteiger partial charge is 0.496 e. The Hall–Kier alpha value is -2.40. The second-order valence-electron chi connectivity index (χ2n) is 4.37. The van der Waals surface area contributed by atoms with Crippen LogP contribution in [0.1, 0.15) is 10.4 Å². The summed E-state index contributed by atoms with van der Waals surface area (Å²) < 4.78 is 15.7. The molecule has 0 aliphatic carbocycles. The van der Waals surface area contributed by atoms with E-state index in [1.807, 2.05) is 0 Å². The van der Waals surface area contributed by atoms with Gasteiger partial charge in [0.1, 0.15) is 22.8 Å². The molecule has 2 aromatic rings. The van der Waals surface area contributed by atoms with Crippen molar-refractivity contribution in [3.8, 4) is 17.2 Å². The highest BCUT2D eigenvalue weighted by Gasteiger charge is 2.20. The molecule has 5 nitrogen and oxygen atoms in total. The standard InChI is InChI=1S/C16H16ClNO4/c1-20-12-8-13(21-2)15(14(9-12)22-3)16(19)18-11-6-4-10(17)5-7-11/h4-9H,1-3H3,(H,18,19). The van der Waals surface area contributed by atoms with Gasteiger partial charge in [0.25, 0.3) is 5.91 Å². The van der Waals surface area contributed by atoms with Crippen molar-refractivity contribution in [1.29, 1.82) is 0 Å². The Morgan fingerprint density at radius 1 is 0.955 bits per heavy atom. The lowest BCUT2D eigenvalue weighted by Gasteiger charge is -2.15. The van der Waals surface area contributed by atoms with Crippen LogP contribution in [-0.4, -0.2) is 27.2 Å². The van der Waals surface area contributed by atoms with Gasteiger partial charge in [-0.25, -0.2) is 0 Å². The molecule has 0 bridgehead atoms. The van der Waals surface area contributed by atoms with E-state index in [0.717, 1.165) is 0 Å². The molecule has 0 aliphatic rings. The van der Waals surface area contributed by atoms with Crippen molar-refractivity contribution >= 4 is 23.2 Å². The molecule has 2 aromatic carbocycles. The third-order valence-electron chi connectivity index (χ3n) is 3.04. The molecule has 0 aliphatic heterocycles. The first kappa shape index (κ1) is 16.0. The van der Waals surface area contributed by atoms with Crippen LogP contribution in [0, 0.1) is 0 Å². The SMILES string of the molecule is COc1cc(OC)c(C(=O)Nc2ccc(Cl)cc2)c(OC)c1. The second kappa shape index (κ2) is 7.04. The van der Waals surface area contributed by atoms with Gasteiger partial charge in [0, 0.05) is 22.8 Å². The number of carbonyl (C=O) groups is 1. The van der Waals surface area contributed by atoms with Gasteiger partial charge in [0.15, 0.2) is 0 Å². The van der Waals surface area contributed by atoms with E-state index in [1.165, 1.54) is 21.3 Å². The Bertz CT molecular complexity index is 645. The summed E-state index contributed by atoms with van der Waals surface area (Å²) in [5, 5.41) is 3.37. The summed E-state index contributed by atoms with van der Waals surface area (Å²) in [6.45, 7) is 0. The van der Waals surface area contributed by atoms with Crippen LogP contribution in [-0.2, 0) is 0 Å². The fourth-order valence-electron chi connectivity index (χ4n) is 1.96. The molecular formula is C16H16ClNO4. The average Bonchev–Trinajstić information content (AvgIpc) is 2.55. The molecule has 22 heavy (non-hydrogen) atoms. The summed E-state index contributed by atoms with van der Waals surface area (Å²) in [5.74, 6) is 0.917. The van der Waals surface area contributed by atoms with E-state index in [9.17, 15) is 4.79 Å². The number of rotatable bonds is 5. The van der Waals surface area contributed by atoms with Crippen molar-refractivity contribution in [2.24, 2.45) is 0 Å². The van der Waals surface area contributed by atoms with Crippen LogP contribution in [0.3, 0.4) is 0 Å². The molecule has 1 N–H and O–H groups in total. The smallest absolute Gasteiger partial charge is 0.263 e. The number of methoxy groups -OCH3 is 3. The monoisotopic (exact) mass is 321 g/mol. The van der Waals surface area contributed by atoms with Crippen LogP contribution in [0.4, 0.5) is 5.69 Å². The zero-order chi connectivity index (χ0) is 16.1. The number of halogens is 1. The number of anilines is 1. The van der Waals surface area contributed by atoms with Crippen LogP contribution in [0.25, 0.3) is 0 Å². The van der Waals surface area contributed by atoms with Gasteiger partial charge in [-0.3, -0.25) is 4.79 Å². The molecule has 6 heteroatoms. The lowest BCUT2D eigenvalue weighted by atomic mass is 10.1. The van der Waals surface area contributed by atoms with Gasteiger partial charge >= 0.3 is 0 Å². The lowest BCUT2D eigenvalue weighted by Crippen LogP contribution is -2.14. The van der Waals surface area contributed by atoms with E-state index in [1.54, 1.807) is 36.4 Å². The van der Waals surface area contributed by atoms with E-state index >= 15 is 0 Å². The van der Waals surface area contributed by atoms with Gasteiger partial charge in [0.05, 0.1) is 21.3 Å². The minimum Gasteiger partial charge on any atom is -0.496 e. The minimum absolute atomic E-state index is 0.292. The highest BCUT2D eigenvalue weighted by Crippen LogP contribution is 2.34. The molecule has 0 aromatic heterocycles. The summed E-state index contributed by atoms with van der Waals surface area (Å²) in [5.41, 5.74) is 0.912. The first-order chi connectivity index (χ1) is 10.6. The molecule has 0 saturated carbocycles. The normalized spacial score (nSPS) is 10.0. The molecule has 0 saturated heterocycles. The summed E-state index contributed by atoms with van der Waals surface area (Å²) >= 11 is 5.83. The van der Waals surface area contributed by atoms with Crippen molar-refractivity contribution in [3.05, 3.63) is 47.0 Å². The molecule has 0 radical (unpaired) electrons. The van der Waals surface area contributed by atoms with Crippen molar-refractivity contribution in [3.63, 3.8) is 0 Å². The average molecular weight is 322 g/mol. The first-order valence-corrected chi connectivity index (χ1v) is 6.83. The van der Waals surface area contributed by atoms with Crippen molar-refractivity contribution < 1.29 is 19.0 Å². The number of benzene rings is 2. The van der Waals surface area contributed by atoms with Crippen LogP contribution in [0.5, 0.6) is 17.2 Å². The Balaban J connectivity index is 2.37. The third-order valence-corrected chi connectivity index (χ3v) is 3.30. The van der Waals surface area contributed by atoms with Gasteiger partial charge in [-0.2, -0.15) is 0 Å². The van der Waals surface area contributed by atoms with Crippen molar-refractivity contribution in [1.82, 2.24) is 0 Å². The summed E-state index contributed by atoms with van der Waals surface area (Å²) in [7, 11) is 4.49. The van der Waals surface area contributed by atoms with E-state index in [4.69, 9.17) is 25.8 Å². The Morgan fingerprint density at radius 3 is 1.95 bits per heavy atom. The Kier molecular flexibility index (Phi) is 5.12. The van der Waals surface area contributed by atoms with Crippen LogP contribution < -0.4 is 19.5 Å².